The fourth-order valence-corrected chi connectivity index (χ4v) is 4.37. The van der Waals surface area contributed by atoms with E-state index in [2.05, 4.69) is 27.5 Å². The molecule has 0 saturated carbocycles. The quantitative estimate of drug-likeness (QED) is 0.603. The molecule has 0 fully saturated rings. The van der Waals surface area contributed by atoms with Crippen LogP contribution in [0, 0.1) is 0 Å². The number of ether oxygens (including phenoxy) is 1. The van der Waals surface area contributed by atoms with Gasteiger partial charge in [0.15, 0.2) is 0 Å². The second-order valence-corrected chi connectivity index (χ2v) is 7.42. The second-order valence-electron chi connectivity index (χ2n) is 5.01. The molecule has 0 spiro atoms. The number of carbonyl (C=O) groups is 1. The van der Waals surface area contributed by atoms with Gasteiger partial charge in [-0.2, -0.15) is 0 Å². The monoisotopic (exact) mass is 384 g/mol. The molecule has 0 bridgehead atoms. The van der Waals surface area contributed by atoms with E-state index in [0.29, 0.717) is 5.75 Å². The first kappa shape index (κ1) is 16.3. The number of aromatic amines is 1. The molecule has 3 rings (SSSR count). The number of carboxylic acid groups (broad SMARTS) is 1. The Morgan fingerprint density at radius 2 is 2.08 bits per heavy atom. The average Bonchev–Trinajstić information content (AvgIpc) is 3.14. The Labute approximate surface area is 145 Å². The number of H-pyrrole nitrogens is 1. The van der Waals surface area contributed by atoms with Gasteiger partial charge in [0.2, 0.25) is 0 Å². The van der Waals surface area contributed by atoms with Gasteiger partial charge >= 0.3 is 145 Å². The summed E-state index contributed by atoms with van der Waals surface area (Å²) >= 11 is -0.114. The van der Waals surface area contributed by atoms with Crippen molar-refractivity contribution in [3.8, 4) is 17.0 Å². The first-order valence-electron chi connectivity index (χ1n) is 7.28. The van der Waals surface area contributed by atoms with Gasteiger partial charge in [0.05, 0.1) is 0 Å². The number of para-hydroxylation sites is 1. The Balaban J connectivity index is 1.70. The number of nitrogens with zero attached hydrogens (tertiary/aromatic N) is 2. The summed E-state index contributed by atoms with van der Waals surface area (Å²) in [5, 5.41) is 20.2. The minimum absolute atomic E-state index is 0.114. The van der Waals surface area contributed by atoms with Crippen LogP contribution in [-0.4, -0.2) is 48.8 Å². The van der Waals surface area contributed by atoms with Gasteiger partial charge < -0.3 is 0 Å². The summed E-state index contributed by atoms with van der Waals surface area (Å²) < 4.78 is 6.63. The van der Waals surface area contributed by atoms with Crippen molar-refractivity contribution in [1.29, 1.82) is 0 Å². The Bertz CT molecular complexity index is 821. The molecular formula is C17H15AsN3O3. The first-order valence-corrected chi connectivity index (χ1v) is 9.55. The van der Waals surface area contributed by atoms with Crippen molar-refractivity contribution >= 4 is 26.1 Å². The van der Waals surface area contributed by atoms with Crippen molar-refractivity contribution in [2.45, 2.75) is 5.21 Å². The summed E-state index contributed by atoms with van der Waals surface area (Å²) in [6.45, 7) is -0.324. The SMILES string of the molecule is O=C(O)COc1ccccc1C[As]c1cccc(-c2cn[nH]n2)c1. The number of benzene rings is 2. The fraction of sp³-hybridized carbons (Fsp3) is 0.118. The Morgan fingerprint density at radius 1 is 1.21 bits per heavy atom. The number of carboxylic acids is 1. The predicted octanol–water partition coefficient (Wildman–Crippen LogP) is 1.46. The zero-order valence-electron chi connectivity index (χ0n) is 12.7. The third-order valence-corrected chi connectivity index (χ3v) is 5.71. The van der Waals surface area contributed by atoms with Crippen LogP contribution in [-0.2, 0) is 10.0 Å². The molecule has 1 heterocycles. The molecule has 121 valence electrons. The molecule has 0 amide bonds. The van der Waals surface area contributed by atoms with Gasteiger partial charge in [0.25, 0.3) is 0 Å². The summed E-state index contributed by atoms with van der Waals surface area (Å²) in [5.41, 5.74) is 2.89. The molecule has 24 heavy (non-hydrogen) atoms. The number of hydrogen-bond donors (Lipinski definition) is 2. The average molecular weight is 384 g/mol. The molecular weight excluding hydrogens is 369 g/mol. The Hall–Kier alpha value is -2.59. The van der Waals surface area contributed by atoms with Crippen LogP contribution < -0.4 is 9.09 Å². The molecule has 0 aliphatic carbocycles. The summed E-state index contributed by atoms with van der Waals surface area (Å²) in [7, 11) is 0. The molecule has 1 radical (unpaired) electrons. The van der Waals surface area contributed by atoms with Gasteiger partial charge in [-0.25, -0.2) is 0 Å². The topological polar surface area (TPSA) is 88.1 Å². The molecule has 6 nitrogen and oxygen atoms in total. The van der Waals surface area contributed by atoms with Crippen LogP contribution >= 0.6 is 0 Å². The van der Waals surface area contributed by atoms with Crippen LogP contribution in [0.5, 0.6) is 5.75 Å². The fourth-order valence-electron chi connectivity index (χ4n) is 2.20. The number of aromatic nitrogens is 3. The number of hydrogen-bond acceptors (Lipinski definition) is 4. The zero-order chi connectivity index (χ0) is 16.8. The van der Waals surface area contributed by atoms with Crippen LogP contribution in [0.1, 0.15) is 5.56 Å². The summed E-state index contributed by atoms with van der Waals surface area (Å²) in [5.74, 6) is -0.332. The van der Waals surface area contributed by atoms with Crippen molar-refractivity contribution in [3.63, 3.8) is 0 Å². The van der Waals surface area contributed by atoms with Gasteiger partial charge in [-0.15, -0.1) is 0 Å². The van der Waals surface area contributed by atoms with Crippen LogP contribution in [0.2, 0.25) is 0 Å². The van der Waals surface area contributed by atoms with E-state index in [-0.39, 0.29) is 22.4 Å². The molecule has 0 aliphatic heterocycles. The van der Waals surface area contributed by atoms with Crippen molar-refractivity contribution < 1.29 is 14.6 Å². The van der Waals surface area contributed by atoms with E-state index >= 15 is 0 Å². The second kappa shape index (κ2) is 7.79. The van der Waals surface area contributed by atoms with Gasteiger partial charge in [0, 0.05) is 0 Å². The number of aliphatic carboxylic acids is 1. The maximum absolute atomic E-state index is 10.7. The third-order valence-electron chi connectivity index (χ3n) is 3.31. The van der Waals surface area contributed by atoms with Gasteiger partial charge in [-0.05, 0) is 0 Å². The predicted molar refractivity (Wildman–Crippen MR) is 90.5 cm³/mol. The third kappa shape index (κ3) is 4.23. The van der Waals surface area contributed by atoms with E-state index < -0.39 is 5.97 Å². The summed E-state index contributed by atoms with van der Waals surface area (Å²) in [6.07, 6.45) is 1.70. The van der Waals surface area contributed by atoms with Gasteiger partial charge in [0.1, 0.15) is 0 Å². The maximum atomic E-state index is 10.7. The number of nitrogens with one attached hydrogen (secondary N) is 1. The van der Waals surface area contributed by atoms with Crippen molar-refractivity contribution in [2.75, 3.05) is 6.61 Å². The zero-order valence-corrected chi connectivity index (χ0v) is 14.6. The molecule has 0 aliphatic rings. The molecule has 0 unspecified atom stereocenters. The van der Waals surface area contributed by atoms with Crippen LogP contribution in [0.25, 0.3) is 11.3 Å². The van der Waals surface area contributed by atoms with E-state index in [0.717, 1.165) is 22.0 Å². The molecule has 7 heteroatoms. The molecule has 0 atom stereocenters. The van der Waals surface area contributed by atoms with E-state index in [1.165, 1.54) is 4.35 Å². The van der Waals surface area contributed by atoms with Crippen LogP contribution in [0.4, 0.5) is 0 Å². The Morgan fingerprint density at radius 3 is 2.88 bits per heavy atom. The van der Waals surface area contributed by atoms with Gasteiger partial charge in [-0.1, -0.05) is 0 Å². The number of rotatable bonds is 7. The van der Waals surface area contributed by atoms with E-state index in [1.807, 2.05) is 36.4 Å². The van der Waals surface area contributed by atoms with Crippen molar-refractivity contribution in [1.82, 2.24) is 15.4 Å². The minimum atomic E-state index is -0.974. The standard InChI is InChI=1S/C17H15AsN3O3/c22-17(23)11-24-16-7-2-1-4-13(16)9-18-14-6-3-5-12(8-14)15-10-19-21-20-15/h1-8,10H,9,11H2,(H,22,23)(H,19,20,21). The molecule has 3 aromatic rings. The molecule has 2 N–H and O–H groups in total. The van der Waals surface area contributed by atoms with Crippen LogP contribution in [0.3, 0.4) is 0 Å². The van der Waals surface area contributed by atoms with Gasteiger partial charge in [-0.3, -0.25) is 0 Å². The van der Waals surface area contributed by atoms with E-state index in [1.54, 1.807) is 6.20 Å². The molecule has 2 aromatic carbocycles. The van der Waals surface area contributed by atoms with Crippen molar-refractivity contribution in [3.05, 3.63) is 60.3 Å². The van der Waals surface area contributed by atoms with E-state index in [4.69, 9.17) is 9.84 Å². The Kier molecular flexibility index (Phi) is 5.28. The van der Waals surface area contributed by atoms with E-state index in [9.17, 15) is 4.79 Å². The van der Waals surface area contributed by atoms with Crippen molar-refractivity contribution in [2.24, 2.45) is 0 Å². The summed E-state index contributed by atoms with van der Waals surface area (Å²) in [6, 6.07) is 15.8. The molecule has 0 saturated heterocycles. The molecule has 1 aromatic heterocycles. The normalized spacial score (nSPS) is 11.0. The first-order chi connectivity index (χ1) is 11.7. The van der Waals surface area contributed by atoms with Crippen LogP contribution in [0.15, 0.2) is 54.7 Å². The summed E-state index contributed by atoms with van der Waals surface area (Å²) in [4.78, 5) is 10.7.